The van der Waals surface area contributed by atoms with Gasteiger partial charge in [0.2, 0.25) is 5.91 Å². The monoisotopic (exact) mass is 238 g/mol. The van der Waals surface area contributed by atoms with Gasteiger partial charge >= 0.3 is 0 Å². The van der Waals surface area contributed by atoms with Gasteiger partial charge in [0, 0.05) is 25.0 Å². The molecular formula is C14H26N2O. The van der Waals surface area contributed by atoms with Gasteiger partial charge in [-0.05, 0) is 44.6 Å². The van der Waals surface area contributed by atoms with E-state index in [0.29, 0.717) is 11.9 Å². The van der Waals surface area contributed by atoms with Gasteiger partial charge in [-0.1, -0.05) is 13.8 Å². The first kappa shape index (κ1) is 12.9. The van der Waals surface area contributed by atoms with Crippen molar-refractivity contribution in [2.24, 2.45) is 11.8 Å². The summed E-state index contributed by atoms with van der Waals surface area (Å²) in [7, 11) is 0. The average molecular weight is 238 g/mol. The van der Waals surface area contributed by atoms with Crippen LogP contribution in [0.2, 0.25) is 0 Å². The zero-order chi connectivity index (χ0) is 12.3. The second-order valence-corrected chi connectivity index (χ2v) is 5.79. The molecule has 2 rings (SSSR count). The highest BCUT2D eigenvalue weighted by Gasteiger charge is 2.30. The van der Waals surface area contributed by atoms with E-state index in [1.165, 1.54) is 25.7 Å². The van der Waals surface area contributed by atoms with Gasteiger partial charge in [0.15, 0.2) is 0 Å². The van der Waals surface area contributed by atoms with Crippen LogP contribution in [0.15, 0.2) is 0 Å². The molecule has 2 atom stereocenters. The van der Waals surface area contributed by atoms with Crippen molar-refractivity contribution < 1.29 is 4.79 Å². The third kappa shape index (κ3) is 3.70. The molecular weight excluding hydrogens is 212 g/mol. The first-order valence-corrected chi connectivity index (χ1v) is 7.23. The van der Waals surface area contributed by atoms with Crippen LogP contribution >= 0.6 is 0 Å². The summed E-state index contributed by atoms with van der Waals surface area (Å²) in [5.41, 5.74) is 0. The standard InChI is InChI=1S/C14H26N2O/c1-3-11(2)14(17)16(9-12-6-7-12)10-13-5-4-8-15-13/h11-13,15H,3-10H2,1-2H3. The van der Waals surface area contributed by atoms with E-state index >= 15 is 0 Å². The average Bonchev–Trinajstić information content (AvgIpc) is 3.00. The van der Waals surface area contributed by atoms with E-state index in [1.54, 1.807) is 0 Å². The molecule has 98 valence electrons. The summed E-state index contributed by atoms with van der Waals surface area (Å²) in [6.07, 6.45) is 6.09. The molecule has 2 aliphatic rings. The summed E-state index contributed by atoms with van der Waals surface area (Å²) in [5, 5.41) is 3.50. The Hall–Kier alpha value is -0.570. The summed E-state index contributed by atoms with van der Waals surface area (Å²) in [6.45, 7) is 7.22. The minimum atomic E-state index is 0.190. The van der Waals surface area contributed by atoms with Crippen LogP contribution in [-0.2, 0) is 4.79 Å². The number of nitrogens with one attached hydrogen (secondary N) is 1. The second kappa shape index (κ2) is 5.85. The number of carbonyl (C=O) groups is 1. The molecule has 0 spiro atoms. The first-order chi connectivity index (χ1) is 8.20. The van der Waals surface area contributed by atoms with Crippen LogP contribution in [-0.4, -0.2) is 36.5 Å². The van der Waals surface area contributed by atoms with E-state index in [0.717, 1.165) is 32.0 Å². The molecule has 1 aliphatic carbocycles. The lowest BCUT2D eigenvalue weighted by Crippen LogP contribution is -2.44. The number of hydrogen-bond donors (Lipinski definition) is 1. The molecule has 1 N–H and O–H groups in total. The summed E-state index contributed by atoms with van der Waals surface area (Å²) in [5.74, 6) is 1.35. The Morgan fingerprint density at radius 3 is 2.65 bits per heavy atom. The minimum Gasteiger partial charge on any atom is -0.341 e. The highest BCUT2D eigenvalue weighted by molar-refractivity contribution is 5.78. The number of carbonyl (C=O) groups excluding carboxylic acids is 1. The van der Waals surface area contributed by atoms with Gasteiger partial charge in [0.1, 0.15) is 0 Å². The molecule has 1 heterocycles. The molecule has 0 aromatic rings. The second-order valence-electron chi connectivity index (χ2n) is 5.79. The topological polar surface area (TPSA) is 32.3 Å². The van der Waals surface area contributed by atoms with Crippen LogP contribution in [0.1, 0.15) is 46.0 Å². The van der Waals surface area contributed by atoms with Crippen molar-refractivity contribution in [3.63, 3.8) is 0 Å². The summed E-state index contributed by atoms with van der Waals surface area (Å²) in [6, 6.07) is 0.543. The summed E-state index contributed by atoms with van der Waals surface area (Å²) < 4.78 is 0. The molecule has 1 aliphatic heterocycles. The van der Waals surface area contributed by atoms with Gasteiger partial charge in [-0.25, -0.2) is 0 Å². The molecule has 0 aromatic heterocycles. The zero-order valence-corrected chi connectivity index (χ0v) is 11.2. The molecule has 3 nitrogen and oxygen atoms in total. The third-order valence-electron chi connectivity index (χ3n) is 4.12. The van der Waals surface area contributed by atoms with Crippen molar-refractivity contribution in [2.45, 2.75) is 52.0 Å². The molecule has 1 saturated heterocycles. The van der Waals surface area contributed by atoms with Gasteiger partial charge in [-0.3, -0.25) is 4.79 Å². The molecule has 0 aromatic carbocycles. The zero-order valence-electron chi connectivity index (χ0n) is 11.2. The lowest BCUT2D eigenvalue weighted by atomic mass is 10.1. The van der Waals surface area contributed by atoms with E-state index in [1.807, 2.05) is 0 Å². The number of nitrogens with zero attached hydrogens (tertiary/aromatic N) is 1. The summed E-state index contributed by atoms with van der Waals surface area (Å²) in [4.78, 5) is 14.5. The van der Waals surface area contributed by atoms with Crippen LogP contribution in [0.5, 0.6) is 0 Å². The highest BCUT2D eigenvalue weighted by Crippen LogP contribution is 2.30. The van der Waals surface area contributed by atoms with E-state index < -0.39 is 0 Å². The molecule has 3 heteroatoms. The van der Waals surface area contributed by atoms with Crippen molar-refractivity contribution in [3.05, 3.63) is 0 Å². The minimum absolute atomic E-state index is 0.190. The van der Waals surface area contributed by atoms with Crippen molar-refractivity contribution in [1.82, 2.24) is 10.2 Å². The maximum atomic E-state index is 12.3. The largest absolute Gasteiger partial charge is 0.341 e. The number of hydrogen-bond acceptors (Lipinski definition) is 2. The molecule has 17 heavy (non-hydrogen) atoms. The van der Waals surface area contributed by atoms with E-state index in [2.05, 4.69) is 24.1 Å². The Morgan fingerprint density at radius 1 is 1.35 bits per heavy atom. The van der Waals surface area contributed by atoms with Gasteiger partial charge in [-0.15, -0.1) is 0 Å². The van der Waals surface area contributed by atoms with Crippen LogP contribution < -0.4 is 5.32 Å². The maximum Gasteiger partial charge on any atom is 0.225 e. The smallest absolute Gasteiger partial charge is 0.225 e. The Kier molecular flexibility index (Phi) is 4.43. The fourth-order valence-electron chi connectivity index (χ4n) is 2.53. The lowest BCUT2D eigenvalue weighted by Gasteiger charge is -2.28. The van der Waals surface area contributed by atoms with Gasteiger partial charge in [-0.2, -0.15) is 0 Å². The third-order valence-corrected chi connectivity index (χ3v) is 4.12. The Balaban J connectivity index is 1.88. The Labute approximate surface area is 105 Å². The van der Waals surface area contributed by atoms with E-state index in [-0.39, 0.29) is 5.92 Å². The van der Waals surface area contributed by atoms with E-state index in [4.69, 9.17) is 0 Å². The summed E-state index contributed by atoms with van der Waals surface area (Å²) >= 11 is 0. The molecule has 0 radical (unpaired) electrons. The maximum absolute atomic E-state index is 12.3. The van der Waals surface area contributed by atoms with Crippen molar-refractivity contribution in [2.75, 3.05) is 19.6 Å². The predicted molar refractivity (Wildman–Crippen MR) is 69.8 cm³/mol. The van der Waals surface area contributed by atoms with Crippen LogP contribution in [0.25, 0.3) is 0 Å². The molecule has 0 bridgehead atoms. The first-order valence-electron chi connectivity index (χ1n) is 7.23. The quantitative estimate of drug-likeness (QED) is 0.768. The van der Waals surface area contributed by atoms with Crippen molar-refractivity contribution in [1.29, 1.82) is 0 Å². The predicted octanol–water partition coefficient (Wildman–Crippen LogP) is 2.02. The van der Waals surface area contributed by atoms with Crippen molar-refractivity contribution >= 4 is 5.91 Å². The Morgan fingerprint density at radius 2 is 2.12 bits per heavy atom. The highest BCUT2D eigenvalue weighted by atomic mass is 16.2. The normalized spacial score (nSPS) is 25.9. The van der Waals surface area contributed by atoms with Crippen molar-refractivity contribution in [3.8, 4) is 0 Å². The fraction of sp³-hybridized carbons (Fsp3) is 0.929. The molecule has 2 unspecified atom stereocenters. The molecule has 1 amide bonds. The van der Waals surface area contributed by atoms with Crippen LogP contribution in [0, 0.1) is 11.8 Å². The van der Waals surface area contributed by atoms with Gasteiger partial charge in [0.05, 0.1) is 0 Å². The molecule has 2 fully saturated rings. The molecule has 1 saturated carbocycles. The Bertz CT molecular complexity index is 257. The lowest BCUT2D eigenvalue weighted by molar-refractivity contribution is -0.135. The van der Waals surface area contributed by atoms with Gasteiger partial charge < -0.3 is 10.2 Å². The SMILES string of the molecule is CCC(C)C(=O)N(CC1CC1)CC1CCCN1. The van der Waals surface area contributed by atoms with Crippen LogP contribution in [0.4, 0.5) is 0 Å². The number of amides is 1. The van der Waals surface area contributed by atoms with Gasteiger partial charge in [0.25, 0.3) is 0 Å². The fourth-order valence-corrected chi connectivity index (χ4v) is 2.53. The van der Waals surface area contributed by atoms with E-state index in [9.17, 15) is 4.79 Å². The van der Waals surface area contributed by atoms with Crippen LogP contribution in [0.3, 0.4) is 0 Å². The number of rotatable bonds is 6.